The fourth-order valence-electron chi connectivity index (χ4n) is 3.95. The van der Waals surface area contributed by atoms with Crippen LogP contribution in [-0.2, 0) is 4.57 Å². The SMILES string of the molecule is Cc1cccc(C)c1C(=O)P(=O)(CCCCC(C)(C)C)C(=O)c1c(C)cccc1C. The van der Waals surface area contributed by atoms with Gasteiger partial charge in [0.25, 0.3) is 0 Å². The molecule has 0 saturated carbocycles. The Labute approximate surface area is 181 Å². The number of unbranched alkanes of at least 4 members (excludes halogenated alkanes) is 1. The topological polar surface area (TPSA) is 51.2 Å². The molecule has 0 aromatic heterocycles. The van der Waals surface area contributed by atoms with E-state index >= 15 is 0 Å². The van der Waals surface area contributed by atoms with Gasteiger partial charge in [0.2, 0.25) is 18.2 Å². The summed E-state index contributed by atoms with van der Waals surface area (Å²) in [7, 11) is -3.81. The van der Waals surface area contributed by atoms with E-state index in [1.165, 1.54) is 0 Å². The van der Waals surface area contributed by atoms with Crippen LogP contribution >= 0.6 is 7.14 Å². The Hall–Kier alpha value is -1.99. The van der Waals surface area contributed by atoms with E-state index in [-0.39, 0.29) is 11.6 Å². The Bertz CT molecular complexity index is 888. The third-order valence-electron chi connectivity index (χ3n) is 5.70. The summed E-state index contributed by atoms with van der Waals surface area (Å²) >= 11 is 0. The summed E-state index contributed by atoms with van der Waals surface area (Å²) in [6.45, 7) is 13.9. The second-order valence-electron chi connectivity index (χ2n) is 9.63. The fraction of sp³-hybridized carbons (Fsp3) is 0.462. The first-order chi connectivity index (χ1) is 13.9. The Balaban J connectivity index is 2.51. The smallest absolute Gasteiger partial charge is 0.229 e. The molecule has 0 unspecified atom stereocenters. The van der Waals surface area contributed by atoms with Gasteiger partial charge in [-0.3, -0.25) is 9.59 Å². The van der Waals surface area contributed by atoms with E-state index < -0.39 is 18.2 Å². The molecule has 0 heterocycles. The van der Waals surface area contributed by atoms with Gasteiger partial charge >= 0.3 is 0 Å². The van der Waals surface area contributed by atoms with E-state index in [2.05, 4.69) is 20.8 Å². The van der Waals surface area contributed by atoms with Crippen LogP contribution in [0.3, 0.4) is 0 Å². The van der Waals surface area contributed by atoms with Crippen LogP contribution in [0.15, 0.2) is 36.4 Å². The molecule has 0 amide bonds. The van der Waals surface area contributed by atoms with Crippen molar-refractivity contribution in [3.63, 3.8) is 0 Å². The van der Waals surface area contributed by atoms with E-state index in [0.29, 0.717) is 17.5 Å². The minimum absolute atomic E-state index is 0.127. The third kappa shape index (κ3) is 5.38. The Morgan fingerprint density at radius 2 is 1.10 bits per heavy atom. The Morgan fingerprint density at radius 3 is 1.43 bits per heavy atom. The molecule has 0 spiro atoms. The van der Waals surface area contributed by atoms with Crippen molar-refractivity contribution in [1.82, 2.24) is 0 Å². The first-order valence-electron chi connectivity index (χ1n) is 10.7. The summed E-state index contributed by atoms with van der Waals surface area (Å²) in [6.07, 6.45) is 2.53. The predicted molar refractivity (Wildman–Crippen MR) is 126 cm³/mol. The fourth-order valence-corrected chi connectivity index (χ4v) is 6.64. The second-order valence-corrected chi connectivity index (χ2v) is 12.4. The van der Waals surface area contributed by atoms with Crippen LogP contribution in [-0.4, -0.2) is 17.2 Å². The molecular weight excluding hydrogens is 391 g/mol. The molecule has 30 heavy (non-hydrogen) atoms. The number of benzene rings is 2. The molecule has 162 valence electrons. The van der Waals surface area contributed by atoms with Crippen LogP contribution in [0.2, 0.25) is 0 Å². The van der Waals surface area contributed by atoms with Crippen LogP contribution in [0.5, 0.6) is 0 Å². The Kier molecular flexibility index (Phi) is 7.64. The zero-order valence-corrected chi connectivity index (χ0v) is 20.4. The van der Waals surface area contributed by atoms with Crippen LogP contribution in [0.1, 0.15) is 83.0 Å². The van der Waals surface area contributed by atoms with Gasteiger partial charge in [-0.2, -0.15) is 0 Å². The molecule has 0 aliphatic carbocycles. The molecule has 4 heteroatoms. The van der Waals surface area contributed by atoms with Gasteiger partial charge in [-0.1, -0.05) is 63.6 Å². The lowest BCUT2D eigenvalue weighted by molar-refractivity contribution is 0.103. The normalized spacial score (nSPS) is 12.1. The largest absolute Gasteiger partial charge is 0.307 e. The van der Waals surface area contributed by atoms with Crippen molar-refractivity contribution in [1.29, 1.82) is 0 Å². The molecular formula is C26H35O3P. The van der Waals surface area contributed by atoms with Crippen molar-refractivity contribution >= 4 is 18.2 Å². The third-order valence-corrected chi connectivity index (χ3v) is 8.40. The monoisotopic (exact) mass is 426 g/mol. The number of hydrogen-bond acceptors (Lipinski definition) is 3. The van der Waals surface area contributed by atoms with Crippen LogP contribution in [0, 0.1) is 33.1 Å². The van der Waals surface area contributed by atoms with Crippen molar-refractivity contribution in [2.24, 2.45) is 5.41 Å². The van der Waals surface area contributed by atoms with Gasteiger partial charge < -0.3 is 4.57 Å². The van der Waals surface area contributed by atoms with Gasteiger partial charge in [-0.25, -0.2) is 0 Å². The summed E-state index contributed by atoms with van der Waals surface area (Å²) in [5.74, 6) is 0. The number of aryl methyl sites for hydroxylation is 4. The molecule has 0 aliphatic rings. The predicted octanol–water partition coefficient (Wildman–Crippen LogP) is 7.48. The lowest BCUT2D eigenvalue weighted by Gasteiger charge is -2.22. The summed E-state index contributed by atoms with van der Waals surface area (Å²) in [5, 5.41) is 0. The van der Waals surface area contributed by atoms with Gasteiger partial charge in [-0.15, -0.1) is 0 Å². The molecule has 0 atom stereocenters. The van der Waals surface area contributed by atoms with Gasteiger partial charge in [0.1, 0.15) is 0 Å². The van der Waals surface area contributed by atoms with Gasteiger partial charge in [0, 0.05) is 17.3 Å². The average molecular weight is 427 g/mol. The first kappa shape index (κ1) is 24.3. The second kappa shape index (κ2) is 9.43. The molecule has 2 aromatic carbocycles. The quantitative estimate of drug-likeness (QED) is 0.325. The Morgan fingerprint density at radius 1 is 0.733 bits per heavy atom. The number of rotatable bonds is 8. The summed E-state index contributed by atoms with van der Waals surface area (Å²) in [6, 6.07) is 11.1. The van der Waals surface area contributed by atoms with Gasteiger partial charge in [0.15, 0.2) is 0 Å². The van der Waals surface area contributed by atoms with Crippen LogP contribution < -0.4 is 0 Å². The van der Waals surface area contributed by atoms with Crippen molar-refractivity contribution in [2.45, 2.75) is 67.7 Å². The summed E-state index contributed by atoms with van der Waals surface area (Å²) in [4.78, 5) is 27.3. The minimum Gasteiger partial charge on any atom is -0.307 e. The number of carbonyl (C=O) groups excluding carboxylic acids is 2. The standard InChI is InChI=1S/C26H35O3P/c1-18-12-10-13-19(2)22(18)24(27)30(29,17-9-8-16-26(5,6)7)25(28)23-20(3)14-11-15-21(23)4/h10-15H,8-9,16-17H2,1-7H3. The molecule has 0 aliphatic heterocycles. The van der Waals surface area contributed by atoms with Gasteiger partial charge in [-0.05, 0) is 68.2 Å². The first-order valence-corrected chi connectivity index (χ1v) is 12.6. The number of carbonyl (C=O) groups is 2. The average Bonchev–Trinajstić information content (AvgIpc) is 2.63. The molecule has 3 nitrogen and oxygen atoms in total. The molecule has 0 bridgehead atoms. The van der Waals surface area contributed by atoms with Crippen molar-refractivity contribution in [3.05, 3.63) is 69.8 Å². The lowest BCUT2D eigenvalue weighted by atomic mass is 9.90. The zero-order valence-electron chi connectivity index (χ0n) is 19.5. The maximum atomic E-state index is 14.2. The molecule has 0 radical (unpaired) electrons. The molecule has 0 fully saturated rings. The molecule has 2 aromatic rings. The van der Waals surface area contributed by atoms with Crippen molar-refractivity contribution in [3.8, 4) is 0 Å². The molecule has 0 N–H and O–H groups in total. The van der Waals surface area contributed by atoms with E-state index in [1.807, 2.05) is 64.1 Å². The maximum Gasteiger partial charge on any atom is 0.229 e. The number of hydrogen-bond donors (Lipinski definition) is 0. The lowest BCUT2D eigenvalue weighted by Crippen LogP contribution is -2.17. The van der Waals surface area contributed by atoms with Crippen molar-refractivity contribution in [2.75, 3.05) is 6.16 Å². The van der Waals surface area contributed by atoms with E-state index in [1.54, 1.807) is 0 Å². The van der Waals surface area contributed by atoms with Crippen molar-refractivity contribution < 1.29 is 14.2 Å². The van der Waals surface area contributed by atoms with E-state index in [9.17, 15) is 14.2 Å². The zero-order chi connectivity index (χ0) is 22.7. The minimum atomic E-state index is -3.81. The van der Waals surface area contributed by atoms with Gasteiger partial charge in [0.05, 0.1) is 0 Å². The van der Waals surface area contributed by atoms with Crippen LogP contribution in [0.4, 0.5) is 0 Å². The molecule has 0 saturated heterocycles. The van der Waals surface area contributed by atoms with Crippen LogP contribution in [0.25, 0.3) is 0 Å². The highest BCUT2D eigenvalue weighted by atomic mass is 31.2. The maximum absolute atomic E-state index is 14.2. The molecule has 2 rings (SSSR count). The van der Waals surface area contributed by atoms with E-state index in [0.717, 1.165) is 35.1 Å². The highest BCUT2D eigenvalue weighted by Crippen LogP contribution is 2.54. The highest BCUT2D eigenvalue weighted by Gasteiger charge is 2.42. The van der Waals surface area contributed by atoms with E-state index in [4.69, 9.17) is 0 Å². The summed E-state index contributed by atoms with van der Waals surface area (Å²) < 4.78 is 14.2. The highest BCUT2D eigenvalue weighted by molar-refractivity contribution is 7.95. The summed E-state index contributed by atoms with van der Waals surface area (Å²) in [5.41, 5.74) is 3.15.